The first-order valence-electron chi connectivity index (χ1n) is 8.60. The Morgan fingerprint density at radius 3 is 2.54 bits per heavy atom. The lowest BCUT2D eigenvalue weighted by Crippen LogP contribution is -2.51. The lowest BCUT2D eigenvalue weighted by Gasteiger charge is -2.41. The minimum absolute atomic E-state index is 0.0425. The number of piperidine rings is 1. The highest BCUT2D eigenvalue weighted by molar-refractivity contribution is 7.86. The van der Waals surface area contributed by atoms with Crippen LogP contribution in [0.5, 0.6) is 0 Å². The zero-order valence-corrected chi connectivity index (χ0v) is 16.6. The van der Waals surface area contributed by atoms with Gasteiger partial charge in [0.25, 0.3) is 16.1 Å². The van der Waals surface area contributed by atoms with Crippen molar-refractivity contribution in [2.45, 2.75) is 18.3 Å². The summed E-state index contributed by atoms with van der Waals surface area (Å²) >= 11 is 6.16. The Morgan fingerprint density at radius 1 is 1.25 bits per heavy atom. The number of amides is 1. The van der Waals surface area contributed by atoms with Gasteiger partial charge >= 0.3 is 0 Å². The summed E-state index contributed by atoms with van der Waals surface area (Å²) in [6.45, 7) is 0.754. The molecule has 0 aliphatic carbocycles. The molecule has 3 rings (SSSR count). The molecule has 1 saturated heterocycles. The second-order valence-electron chi connectivity index (χ2n) is 6.71. The number of nitrogens with one attached hydrogen (secondary N) is 1. The molecule has 0 bridgehead atoms. The van der Waals surface area contributed by atoms with Gasteiger partial charge in [0.15, 0.2) is 11.5 Å². The maximum Gasteiger partial charge on any atom is 0.276 e. The van der Waals surface area contributed by atoms with E-state index in [1.54, 1.807) is 6.07 Å². The molecule has 1 amide bonds. The van der Waals surface area contributed by atoms with Crippen LogP contribution in [0.2, 0.25) is 5.02 Å². The average Bonchev–Trinajstić information content (AvgIpc) is 2.66. The van der Waals surface area contributed by atoms with Crippen molar-refractivity contribution in [3.05, 3.63) is 52.9 Å². The van der Waals surface area contributed by atoms with Crippen LogP contribution in [0.4, 0.5) is 5.82 Å². The van der Waals surface area contributed by atoms with E-state index in [0.29, 0.717) is 17.9 Å². The van der Waals surface area contributed by atoms with Gasteiger partial charge in [-0.2, -0.15) is 12.7 Å². The molecule has 1 aliphatic rings. The van der Waals surface area contributed by atoms with Crippen LogP contribution in [0.3, 0.4) is 0 Å². The van der Waals surface area contributed by atoms with Gasteiger partial charge in [-0.1, -0.05) is 23.7 Å². The number of nitrogen functional groups attached to an aromatic ring is 1. The summed E-state index contributed by atoms with van der Waals surface area (Å²) in [5, 5.41) is 8.68. The Morgan fingerprint density at radius 2 is 1.93 bits per heavy atom. The molecule has 1 aliphatic heterocycles. The number of nitrogens with zero attached hydrogens (tertiary/aromatic N) is 3. The van der Waals surface area contributed by atoms with Crippen LogP contribution in [0.25, 0.3) is 0 Å². The van der Waals surface area contributed by atoms with Gasteiger partial charge in [-0.25, -0.2) is 15.1 Å². The highest BCUT2D eigenvalue weighted by Gasteiger charge is 2.39. The first kappa shape index (κ1) is 20.5. The molecule has 5 N–H and O–H groups in total. The van der Waals surface area contributed by atoms with E-state index in [-0.39, 0.29) is 31.1 Å². The van der Waals surface area contributed by atoms with Crippen molar-refractivity contribution in [3.63, 3.8) is 0 Å². The summed E-state index contributed by atoms with van der Waals surface area (Å²) in [6, 6.07) is 7.34. The molecule has 0 atom stereocenters. The van der Waals surface area contributed by atoms with Crippen LogP contribution in [-0.4, -0.2) is 48.2 Å². The molecule has 2 heterocycles. The molecule has 0 saturated carbocycles. The van der Waals surface area contributed by atoms with E-state index in [1.165, 1.54) is 16.7 Å². The summed E-state index contributed by atoms with van der Waals surface area (Å²) in [5.74, 6) is -0.401. The van der Waals surface area contributed by atoms with Crippen molar-refractivity contribution in [1.29, 1.82) is 0 Å². The topological polar surface area (TPSA) is 144 Å². The lowest BCUT2D eigenvalue weighted by molar-refractivity contribution is 0.0928. The number of halogens is 1. The normalized spacial score (nSPS) is 17.2. The third kappa shape index (κ3) is 4.41. The first-order valence-corrected chi connectivity index (χ1v) is 10.5. The van der Waals surface area contributed by atoms with Gasteiger partial charge in [0.1, 0.15) is 0 Å². The number of carbonyl (C=O) groups is 1. The van der Waals surface area contributed by atoms with E-state index in [2.05, 4.69) is 15.3 Å². The molecular formula is C17H21ClN6O3S. The van der Waals surface area contributed by atoms with Crippen molar-refractivity contribution in [1.82, 2.24) is 19.6 Å². The van der Waals surface area contributed by atoms with E-state index in [4.69, 9.17) is 22.5 Å². The Bertz CT molecular complexity index is 976. The van der Waals surface area contributed by atoms with Crippen LogP contribution in [0.1, 0.15) is 28.9 Å². The molecule has 0 spiro atoms. The van der Waals surface area contributed by atoms with E-state index >= 15 is 0 Å². The summed E-state index contributed by atoms with van der Waals surface area (Å²) in [5.41, 5.74) is 6.18. The molecule has 0 radical (unpaired) electrons. The molecule has 0 unspecified atom stereocenters. The molecule has 1 fully saturated rings. The number of hydrogen-bond donors (Lipinski definition) is 3. The first-order chi connectivity index (χ1) is 13.2. The number of nitrogens with two attached hydrogens (primary N) is 2. The van der Waals surface area contributed by atoms with Gasteiger partial charge in [-0.05, 0) is 30.5 Å². The Kier molecular flexibility index (Phi) is 5.84. The average molecular weight is 425 g/mol. The van der Waals surface area contributed by atoms with Crippen LogP contribution < -0.4 is 16.2 Å². The van der Waals surface area contributed by atoms with Gasteiger partial charge in [0, 0.05) is 42.5 Å². The highest BCUT2D eigenvalue weighted by Crippen LogP contribution is 2.36. The summed E-state index contributed by atoms with van der Waals surface area (Å²) < 4.78 is 24.6. The van der Waals surface area contributed by atoms with Crippen molar-refractivity contribution in [3.8, 4) is 0 Å². The zero-order chi connectivity index (χ0) is 20.4. The van der Waals surface area contributed by atoms with Gasteiger partial charge in [-0.3, -0.25) is 4.79 Å². The largest absolute Gasteiger partial charge is 0.382 e. The molecule has 1 aromatic heterocycles. The van der Waals surface area contributed by atoms with Gasteiger partial charge in [0.2, 0.25) is 0 Å². The highest BCUT2D eigenvalue weighted by atomic mass is 35.5. The summed E-state index contributed by atoms with van der Waals surface area (Å²) in [6.07, 6.45) is 3.74. The Balaban J connectivity index is 1.84. The van der Waals surface area contributed by atoms with Gasteiger partial charge in [0.05, 0.1) is 0 Å². The van der Waals surface area contributed by atoms with Crippen molar-refractivity contribution < 1.29 is 13.2 Å². The standard InChI is InChI=1S/C17H21ClN6O3S/c18-13-3-1-2-12(10-13)17(4-8-24(9-5-17)28(20,26)27)11-23-16(25)14-15(19)22-7-6-21-14/h1-3,6-7,10H,4-5,8-9,11H2,(H2,19,22)(H,23,25)(H2,20,26,27). The van der Waals surface area contributed by atoms with Crippen LogP contribution >= 0.6 is 11.6 Å². The molecular weight excluding hydrogens is 404 g/mol. The monoisotopic (exact) mass is 424 g/mol. The van der Waals surface area contributed by atoms with E-state index in [1.807, 2.05) is 18.2 Å². The van der Waals surface area contributed by atoms with Crippen molar-refractivity contribution in [2.75, 3.05) is 25.4 Å². The molecule has 28 heavy (non-hydrogen) atoms. The fraction of sp³-hybridized carbons (Fsp3) is 0.353. The molecule has 9 nitrogen and oxygen atoms in total. The van der Waals surface area contributed by atoms with Crippen molar-refractivity contribution in [2.24, 2.45) is 5.14 Å². The lowest BCUT2D eigenvalue weighted by atomic mass is 9.73. The summed E-state index contributed by atoms with van der Waals surface area (Å²) in [4.78, 5) is 20.4. The number of carbonyl (C=O) groups excluding carboxylic acids is 1. The van der Waals surface area contributed by atoms with Gasteiger partial charge < -0.3 is 11.1 Å². The summed E-state index contributed by atoms with van der Waals surface area (Å²) in [7, 11) is -3.76. The molecule has 11 heteroatoms. The van der Waals surface area contributed by atoms with Crippen LogP contribution in [0.15, 0.2) is 36.7 Å². The van der Waals surface area contributed by atoms with Crippen LogP contribution in [-0.2, 0) is 15.6 Å². The van der Waals surface area contributed by atoms with E-state index in [9.17, 15) is 13.2 Å². The second-order valence-corrected chi connectivity index (χ2v) is 8.69. The Labute approximate surface area is 168 Å². The minimum Gasteiger partial charge on any atom is -0.382 e. The zero-order valence-electron chi connectivity index (χ0n) is 15.0. The number of anilines is 1. The molecule has 1 aromatic carbocycles. The van der Waals surface area contributed by atoms with Gasteiger partial charge in [-0.15, -0.1) is 0 Å². The fourth-order valence-corrected chi connectivity index (χ4v) is 4.29. The molecule has 150 valence electrons. The Hall–Kier alpha value is -2.27. The number of benzene rings is 1. The second kappa shape index (κ2) is 8.00. The number of aromatic nitrogens is 2. The fourth-order valence-electron chi connectivity index (χ4n) is 3.41. The quantitative estimate of drug-likeness (QED) is 0.643. The smallest absolute Gasteiger partial charge is 0.276 e. The van der Waals surface area contributed by atoms with E-state index in [0.717, 1.165) is 5.56 Å². The van der Waals surface area contributed by atoms with Crippen LogP contribution in [0, 0.1) is 0 Å². The minimum atomic E-state index is -3.76. The maximum atomic E-state index is 12.5. The predicted octanol–water partition coefficient (Wildman–Crippen LogP) is 0.679. The van der Waals surface area contributed by atoms with Crippen molar-refractivity contribution >= 4 is 33.5 Å². The number of hydrogen-bond acceptors (Lipinski definition) is 6. The van der Waals surface area contributed by atoms with E-state index < -0.39 is 21.5 Å². The SMILES string of the molecule is Nc1nccnc1C(=O)NCC1(c2cccc(Cl)c2)CCN(S(N)(=O)=O)CC1. The number of rotatable bonds is 5. The third-order valence-corrected chi connectivity index (χ3v) is 6.33. The maximum absolute atomic E-state index is 12.5. The third-order valence-electron chi connectivity index (χ3n) is 5.01. The molecule has 2 aromatic rings. The predicted molar refractivity (Wildman–Crippen MR) is 106 cm³/mol.